The average molecular weight is 249 g/mol. The number of aromatic nitrogens is 1. The summed E-state index contributed by atoms with van der Waals surface area (Å²) in [6, 6.07) is 4.63. The molecule has 1 unspecified atom stereocenters. The van der Waals surface area contributed by atoms with Crippen LogP contribution in [0.2, 0.25) is 0 Å². The van der Waals surface area contributed by atoms with E-state index in [0.717, 1.165) is 18.9 Å². The molecule has 0 aliphatic heterocycles. The number of nitrogens with one attached hydrogen (secondary N) is 1. The van der Waals surface area contributed by atoms with Gasteiger partial charge in [-0.15, -0.1) is 0 Å². The molecule has 1 aromatic heterocycles. The van der Waals surface area contributed by atoms with Crippen LogP contribution < -0.4 is 10.2 Å². The summed E-state index contributed by atoms with van der Waals surface area (Å²) in [7, 11) is 2.10. The number of nitrogens with zero attached hydrogens (tertiary/aromatic N) is 2. The fourth-order valence-electron chi connectivity index (χ4n) is 2.10. The van der Waals surface area contributed by atoms with E-state index >= 15 is 0 Å². The van der Waals surface area contributed by atoms with Crippen LogP contribution in [0.4, 0.5) is 5.82 Å². The first kappa shape index (κ1) is 15.0. The molecule has 0 radical (unpaired) electrons. The van der Waals surface area contributed by atoms with Gasteiger partial charge in [-0.1, -0.05) is 33.8 Å². The van der Waals surface area contributed by atoms with Crippen LogP contribution in [-0.2, 0) is 0 Å². The molecule has 1 atom stereocenters. The summed E-state index contributed by atoms with van der Waals surface area (Å²) in [5.74, 6) is 1.04. The van der Waals surface area contributed by atoms with Gasteiger partial charge >= 0.3 is 0 Å². The predicted molar refractivity (Wildman–Crippen MR) is 79.1 cm³/mol. The van der Waals surface area contributed by atoms with Crippen LogP contribution in [0.15, 0.2) is 18.3 Å². The molecule has 0 aromatic carbocycles. The van der Waals surface area contributed by atoms with Gasteiger partial charge in [-0.3, -0.25) is 0 Å². The summed E-state index contributed by atoms with van der Waals surface area (Å²) in [5.41, 5.74) is 1.52. The minimum atomic E-state index is 0.284. The molecular weight excluding hydrogens is 222 g/mol. The standard InChI is InChI=1S/C15H27N3/c1-7-16-12(2)13-8-9-14(17-10-13)18(6)11-15(3,4)5/h8-10,12,16H,7,11H2,1-6H3. The van der Waals surface area contributed by atoms with Gasteiger partial charge in [0, 0.05) is 25.8 Å². The Morgan fingerprint density at radius 2 is 2.00 bits per heavy atom. The third-order valence-electron chi connectivity index (χ3n) is 2.88. The molecule has 18 heavy (non-hydrogen) atoms. The molecule has 1 rings (SSSR count). The van der Waals surface area contributed by atoms with E-state index in [-0.39, 0.29) is 5.41 Å². The molecule has 1 aromatic rings. The Kier molecular flexibility index (Phi) is 5.15. The van der Waals surface area contributed by atoms with Crippen molar-refractivity contribution in [1.82, 2.24) is 10.3 Å². The second kappa shape index (κ2) is 6.19. The lowest BCUT2D eigenvalue weighted by Crippen LogP contribution is -2.29. The van der Waals surface area contributed by atoms with Gasteiger partial charge in [0.1, 0.15) is 5.82 Å². The molecule has 0 saturated carbocycles. The predicted octanol–water partition coefficient (Wildman–Crippen LogP) is 3.23. The Morgan fingerprint density at radius 3 is 2.44 bits per heavy atom. The molecule has 0 bridgehead atoms. The van der Waals surface area contributed by atoms with E-state index in [4.69, 9.17) is 0 Å². The van der Waals surface area contributed by atoms with Crippen molar-refractivity contribution in [3.8, 4) is 0 Å². The van der Waals surface area contributed by atoms with Gasteiger partial charge in [0.05, 0.1) is 0 Å². The summed E-state index contributed by atoms with van der Waals surface area (Å²) < 4.78 is 0. The molecular formula is C15H27N3. The average Bonchev–Trinajstić information content (AvgIpc) is 2.27. The van der Waals surface area contributed by atoms with Crippen LogP contribution in [0.1, 0.15) is 46.2 Å². The Bertz CT molecular complexity index is 351. The first-order valence-electron chi connectivity index (χ1n) is 6.74. The first-order chi connectivity index (χ1) is 8.33. The maximum Gasteiger partial charge on any atom is 0.128 e. The number of anilines is 1. The molecule has 1 heterocycles. The Hall–Kier alpha value is -1.09. The van der Waals surface area contributed by atoms with Crippen LogP contribution in [0, 0.1) is 5.41 Å². The summed E-state index contributed by atoms with van der Waals surface area (Å²) in [4.78, 5) is 6.76. The Balaban J connectivity index is 2.70. The number of hydrogen-bond donors (Lipinski definition) is 1. The molecule has 0 aliphatic rings. The lowest BCUT2D eigenvalue weighted by molar-refractivity contribution is 0.418. The maximum atomic E-state index is 4.55. The zero-order valence-electron chi connectivity index (χ0n) is 12.6. The van der Waals surface area contributed by atoms with Crippen molar-refractivity contribution in [2.45, 2.75) is 40.7 Å². The fourth-order valence-corrected chi connectivity index (χ4v) is 2.10. The molecule has 0 fully saturated rings. The van der Waals surface area contributed by atoms with Crippen LogP contribution >= 0.6 is 0 Å². The van der Waals surface area contributed by atoms with Gasteiger partial charge in [-0.2, -0.15) is 0 Å². The van der Waals surface area contributed by atoms with Gasteiger partial charge in [0.2, 0.25) is 0 Å². The van der Waals surface area contributed by atoms with E-state index in [1.807, 2.05) is 6.20 Å². The van der Waals surface area contributed by atoms with Crippen molar-refractivity contribution < 1.29 is 0 Å². The van der Waals surface area contributed by atoms with Crippen molar-refractivity contribution in [2.24, 2.45) is 5.41 Å². The smallest absolute Gasteiger partial charge is 0.128 e. The molecule has 0 amide bonds. The molecule has 102 valence electrons. The zero-order valence-corrected chi connectivity index (χ0v) is 12.6. The van der Waals surface area contributed by atoms with Gasteiger partial charge in [0.15, 0.2) is 0 Å². The van der Waals surface area contributed by atoms with Crippen molar-refractivity contribution in [2.75, 3.05) is 25.0 Å². The summed E-state index contributed by atoms with van der Waals surface area (Å²) in [5, 5.41) is 3.40. The van der Waals surface area contributed by atoms with Crippen molar-refractivity contribution in [1.29, 1.82) is 0 Å². The summed E-state index contributed by atoms with van der Waals surface area (Å²) in [6.45, 7) is 13.0. The topological polar surface area (TPSA) is 28.2 Å². The Morgan fingerprint density at radius 1 is 1.33 bits per heavy atom. The molecule has 0 saturated heterocycles. The van der Waals surface area contributed by atoms with Gasteiger partial charge in [0.25, 0.3) is 0 Å². The van der Waals surface area contributed by atoms with Crippen molar-refractivity contribution >= 4 is 5.82 Å². The molecule has 3 heteroatoms. The van der Waals surface area contributed by atoms with Crippen LogP contribution in [0.3, 0.4) is 0 Å². The highest BCUT2D eigenvalue weighted by atomic mass is 15.2. The van der Waals surface area contributed by atoms with Crippen molar-refractivity contribution in [3.63, 3.8) is 0 Å². The largest absolute Gasteiger partial charge is 0.359 e. The summed E-state index contributed by atoms with van der Waals surface area (Å²) >= 11 is 0. The lowest BCUT2D eigenvalue weighted by atomic mass is 9.96. The second-order valence-corrected chi connectivity index (χ2v) is 6.15. The minimum Gasteiger partial charge on any atom is -0.359 e. The third-order valence-corrected chi connectivity index (χ3v) is 2.88. The Labute approximate surface area is 112 Å². The highest BCUT2D eigenvalue weighted by Crippen LogP contribution is 2.20. The van der Waals surface area contributed by atoms with Crippen LogP contribution in [0.5, 0.6) is 0 Å². The zero-order chi connectivity index (χ0) is 13.8. The highest BCUT2D eigenvalue weighted by molar-refractivity contribution is 5.39. The van der Waals surface area contributed by atoms with E-state index in [9.17, 15) is 0 Å². The first-order valence-corrected chi connectivity index (χ1v) is 6.74. The molecule has 0 spiro atoms. The normalized spacial score (nSPS) is 13.4. The lowest BCUT2D eigenvalue weighted by Gasteiger charge is -2.27. The van der Waals surface area contributed by atoms with Crippen LogP contribution in [0.25, 0.3) is 0 Å². The number of rotatable bonds is 5. The molecule has 0 aliphatic carbocycles. The monoisotopic (exact) mass is 249 g/mol. The highest BCUT2D eigenvalue weighted by Gasteiger charge is 2.14. The number of hydrogen-bond acceptors (Lipinski definition) is 3. The fraction of sp³-hybridized carbons (Fsp3) is 0.667. The van der Waals surface area contributed by atoms with E-state index in [2.05, 4.69) is 69.0 Å². The molecule has 3 nitrogen and oxygen atoms in total. The number of pyridine rings is 1. The van der Waals surface area contributed by atoms with E-state index in [1.54, 1.807) is 0 Å². The maximum absolute atomic E-state index is 4.55. The quantitative estimate of drug-likeness (QED) is 0.868. The SMILES string of the molecule is CCNC(C)c1ccc(N(C)CC(C)(C)C)nc1. The van der Waals surface area contributed by atoms with Crippen LogP contribution in [-0.4, -0.2) is 25.1 Å². The van der Waals surface area contributed by atoms with E-state index < -0.39 is 0 Å². The van der Waals surface area contributed by atoms with Crippen molar-refractivity contribution in [3.05, 3.63) is 23.9 Å². The van der Waals surface area contributed by atoms with E-state index in [0.29, 0.717) is 6.04 Å². The molecule has 1 N–H and O–H groups in total. The summed E-state index contributed by atoms with van der Waals surface area (Å²) in [6.07, 6.45) is 1.97. The minimum absolute atomic E-state index is 0.284. The van der Waals surface area contributed by atoms with Gasteiger partial charge < -0.3 is 10.2 Å². The van der Waals surface area contributed by atoms with Gasteiger partial charge in [-0.05, 0) is 30.5 Å². The van der Waals surface area contributed by atoms with Gasteiger partial charge in [-0.25, -0.2) is 4.98 Å². The van der Waals surface area contributed by atoms with E-state index in [1.165, 1.54) is 5.56 Å². The third kappa shape index (κ3) is 4.65. The second-order valence-electron chi connectivity index (χ2n) is 6.15.